The molecule has 110 valence electrons. The minimum absolute atomic E-state index is 0.173. The van der Waals surface area contributed by atoms with E-state index in [1.54, 1.807) is 0 Å². The number of hydrogen-bond acceptors (Lipinski definition) is 4. The molecule has 1 atom stereocenters. The number of carbonyl (C=O) groups is 1. The molecule has 0 bridgehead atoms. The van der Waals surface area contributed by atoms with Crippen LogP contribution < -0.4 is 5.73 Å². The topological polar surface area (TPSA) is 85.9 Å². The van der Waals surface area contributed by atoms with Crippen molar-refractivity contribution in [2.45, 2.75) is 10.4 Å². The van der Waals surface area contributed by atoms with Crippen molar-refractivity contribution in [2.24, 2.45) is 5.73 Å². The van der Waals surface area contributed by atoms with Crippen molar-refractivity contribution in [3.63, 3.8) is 0 Å². The Hall–Kier alpha value is -2.29. The van der Waals surface area contributed by atoms with Crippen LogP contribution in [0.25, 0.3) is 11.1 Å². The molecular formula is C12H8F3N3O2S. The van der Waals surface area contributed by atoms with Gasteiger partial charge in [-0.2, -0.15) is 13.2 Å². The summed E-state index contributed by atoms with van der Waals surface area (Å²) in [7, 11) is -3.32. The Kier molecular flexibility index (Phi) is 4.03. The quantitative estimate of drug-likeness (QED) is 0.937. The Balaban J connectivity index is 2.76. The van der Waals surface area contributed by atoms with Crippen LogP contribution in [-0.4, -0.2) is 25.6 Å². The van der Waals surface area contributed by atoms with Crippen molar-refractivity contribution in [3.05, 3.63) is 42.5 Å². The first kappa shape index (κ1) is 15.1. The summed E-state index contributed by atoms with van der Waals surface area (Å²) in [5.74, 6) is -1.02. The van der Waals surface area contributed by atoms with E-state index in [4.69, 9.17) is 5.73 Å². The molecule has 0 saturated carbocycles. The predicted octanol–water partition coefficient (Wildman–Crippen LogP) is 1.87. The predicted molar refractivity (Wildman–Crippen MR) is 68.4 cm³/mol. The molecule has 0 aliphatic heterocycles. The van der Waals surface area contributed by atoms with Gasteiger partial charge in [-0.1, -0.05) is 6.07 Å². The highest BCUT2D eigenvalue weighted by Crippen LogP contribution is 2.34. The Bertz CT molecular complexity index is 705. The number of hydrogen-bond donors (Lipinski definition) is 1. The van der Waals surface area contributed by atoms with Crippen molar-refractivity contribution in [3.8, 4) is 11.1 Å². The number of alkyl halides is 3. The molecular weight excluding hydrogens is 307 g/mol. The number of primary amides is 1. The molecule has 1 unspecified atom stereocenters. The zero-order valence-electron chi connectivity index (χ0n) is 10.3. The van der Waals surface area contributed by atoms with Crippen molar-refractivity contribution >= 4 is 16.7 Å². The molecule has 0 aliphatic rings. The highest BCUT2D eigenvalue weighted by atomic mass is 32.2. The van der Waals surface area contributed by atoms with E-state index in [2.05, 4.69) is 9.97 Å². The minimum atomic E-state index is -4.97. The number of carbonyl (C=O) groups excluding carboxylic acids is 1. The lowest BCUT2D eigenvalue weighted by Gasteiger charge is -2.13. The Morgan fingerprint density at radius 2 is 1.95 bits per heavy atom. The summed E-state index contributed by atoms with van der Waals surface area (Å²) >= 11 is 0. The first-order valence-electron chi connectivity index (χ1n) is 5.50. The lowest BCUT2D eigenvalue weighted by Crippen LogP contribution is -2.20. The van der Waals surface area contributed by atoms with Gasteiger partial charge in [-0.3, -0.25) is 14.8 Å². The molecule has 2 heterocycles. The van der Waals surface area contributed by atoms with Gasteiger partial charge in [0.25, 0.3) is 5.91 Å². The molecule has 5 nitrogen and oxygen atoms in total. The SMILES string of the molecule is NC(=O)c1nccc(S(=O)C(F)(F)F)c1-c1cccnc1. The van der Waals surface area contributed by atoms with Gasteiger partial charge in [-0.25, -0.2) is 4.21 Å². The summed E-state index contributed by atoms with van der Waals surface area (Å²) in [6.07, 6.45) is 3.60. The highest BCUT2D eigenvalue weighted by Gasteiger charge is 2.40. The van der Waals surface area contributed by atoms with E-state index < -0.39 is 32.8 Å². The van der Waals surface area contributed by atoms with Gasteiger partial charge in [0.15, 0.2) is 10.8 Å². The second-order valence-corrected chi connectivity index (χ2v) is 5.29. The summed E-state index contributed by atoms with van der Waals surface area (Å²) in [5, 5.41) is 0. The van der Waals surface area contributed by atoms with Crippen LogP contribution >= 0.6 is 0 Å². The summed E-state index contributed by atoms with van der Waals surface area (Å²) in [4.78, 5) is 18.2. The van der Waals surface area contributed by atoms with Crippen LogP contribution in [0.15, 0.2) is 41.7 Å². The fraction of sp³-hybridized carbons (Fsp3) is 0.0833. The second kappa shape index (κ2) is 5.60. The summed E-state index contributed by atoms with van der Waals surface area (Å²) < 4.78 is 49.8. The Morgan fingerprint density at radius 3 is 2.48 bits per heavy atom. The maximum absolute atomic E-state index is 12.7. The summed E-state index contributed by atoms with van der Waals surface area (Å²) in [5.41, 5.74) is -0.283. The van der Waals surface area contributed by atoms with Crippen LogP contribution in [-0.2, 0) is 10.8 Å². The average molecular weight is 315 g/mol. The molecule has 0 radical (unpaired) electrons. The van der Waals surface area contributed by atoms with E-state index in [1.165, 1.54) is 24.5 Å². The molecule has 2 rings (SSSR count). The van der Waals surface area contributed by atoms with Crippen LogP contribution in [0.5, 0.6) is 0 Å². The maximum Gasteiger partial charge on any atom is 0.475 e. The van der Waals surface area contributed by atoms with E-state index in [0.29, 0.717) is 0 Å². The third kappa shape index (κ3) is 3.07. The fourth-order valence-electron chi connectivity index (χ4n) is 1.70. The molecule has 0 fully saturated rings. The largest absolute Gasteiger partial charge is 0.475 e. The Morgan fingerprint density at radius 1 is 1.24 bits per heavy atom. The van der Waals surface area contributed by atoms with Crippen LogP contribution in [0.3, 0.4) is 0 Å². The second-order valence-electron chi connectivity index (χ2n) is 3.85. The van der Waals surface area contributed by atoms with Gasteiger partial charge >= 0.3 is 5.51 Å². The zero-order chi connectivity index (χ0) is 15.6. The van der Waals surface area contributed by atoms with Crippen molar-refractivity contribution in [1.82, 2.24) is 9.97 Å². The third-order valence-corrected chi connectivity index (χ3v) is 3.67. The van der Waals surface area contributed by atoms with Crippen LogP contribution in [0, 0.1) is 0 Å². The molecule has 2 N–H and O–H groups in total. The summed E-state index contributed by atoms with van der Waals surface area (Å²) in [6.45, 7) is 0. The lowest BCUT2D eigenvalue weighted by atomic mass is 10.1. The number of nitrogens with two attached hydrogens (primary N) is 1. The molecule has 2 aromatic heterocycles. The van der Waals surface area contributed by atoms with Crippen molar-refractivity contribution in [1.29, 1.82) is 0 Å². The van der Waals surface area contributed by atoms with E-state index in [-0.39, 0.29) is 11.1 Å². The zero-order valence-corrected chi connectivity index (χ0v) is 11.1. The number of pyridine rings is 2. The molecule has 21 heavy (non-hydrogen) atoms. The first-order valence-corrected chi connectivity index (χ1v) is 6.65. The van der Waals surface area contributed by atoms with Gasteiger partial charge in [0, 0.05) is 29.7 Å². The first-order chi connectivity index (χ1) is 9.82. The average Bonchev–Trinajstić information content (AvgIpc) is 2.45. The number of amides is 1. The fourth-order valence-corrected chi connectivity index (χ4v) is 2.53. The molecule has 0 saturated heterocycles. The van der Waals surface area contributed by atoms with Crippen LogP contribution in [0.1, 0.15) is 10.5 Å². The summed E-state index contributed by atoms with van der Waals surface area (Å²) in [6, 6.07) is 3.83. The van der Waals surface area contributed by atoms with Crippen LogP contribution in [0.4, 0.5) is 13.2 Å². The number of nitrogens with zero attached hydrogens (tertiary/aromatic N) is 2. The van der Waals surface area contributed by atoms with Gasteiger partial charge in [0.1, 0.15) is 5.69 Å². The lowest BCUT2D eigenvalue weighted by molar-refractivity contribution is -0.0384. The third-order valence-electron chi connectivity index (χ3n) is 2.51. The molecule has 0 spiro atoms. The molecule has 0 aliphatic carbocycles. The van der Waals surface area contributed by atoms with Crippen molar-refractivity contribution in [2.75, 3.05) is 0 Å². The van der Waals surface area contributed by atoms with Crippen LogP contribution in [0.2, 0.25) is 0 Å². The molecule has 2 aromatic rings. The van der Waals surface area contributed by atoms with E-state index in [1.807, 2.05) is 0 Å². The standard InChI is InChI=1S/C12H8F3N3O2S/c13-12(14,15)21(20)8-3-5-18-10(11(16)19)9(8)7-2-1-4-17-6-7/h1-6H,(H2,16,19). The monoisotopic (exact) mass is 315 g/mol. The van der Waals surface area contributed by atoms with Gasteiger partial charge < -0.3 is 5.73 Å². The van der Waals surface area contributed by atoms with Gasteiger partial charge in [-0.15, -0.1) is 0 Å². The molecule has 9 heteroatoms. The van der Waals surface area contributed by atoms with Crippen molar-refractivity contribution < 1.29 is 22.2 Å². The normalized spacial score (nSPS) is 12.9. The van der Waals surface area contributed by atoms with Gasteiger partial charge in [0.2, 0.25) is 0 Å². The highest BCUT2D eigenvalue weighted by molar-refractivity contribution is 7.86. The van der Waals surface area contributed by atoms with Gasteiger partial charge in [0.05, 0.1) is 4.90 Å². The maximum atomic E-state index is 12.7. The number of rotatable bonds is 3. The molecule has 0 aromatic carbocycles. The number of aromatic nitrogens is 2. The van der Waals surface area contributed by atoms with E-state index >= 15 is 0 Å². The number of halogens is 3. The molecule has 1 amide bonds. The van der Waals surface area contributed by atoms with E-state index in [0.717, 1.165) is 12.3 Å². The van der Waals surface area contributed by atoms with E-state index in [9.17, 15) is 22.2 Å². The smallest absolute Gasteiger partial charge is 0.364 e. The van der Waals surface area contributed by atoms with Gasteiger partial charge in [-0.05, 0) is 12.1 Å². The Labute approximate surface area is 119 Å². The minimum Gasteiger partial charge on any atom is -0.364 e.